The van der Waals surface area contributed by atoms with Crippen LogP contribution in [0.15, 0.2) is 18.5 Å². The summed E-state index contributed by atoms with van der Waals surface area (Å²) in [7, 11) is 0. The smallest absolute Gasteiger partial charge is 0.405 e. The van der Waals surface area contributed by atoms with Crippen LogP contribution in [0.1, 0.15) is 26.2 Å². The molecule has 30 heavy (non-hydrogen) atoms. The van der Waals surface area contributed by atoms with Crippen molar-refractivity contribution in [2.24, 2.45) is 0 Å². The van der Waals surface area contributed by atoms with Gasteiger partial charge in [-0.05, 0) is 6.42 Å². The molecule has 0 atom stereocenters. The van der Waals surface area contributed by atoms with Crippen molar-refractivity contribution in [3.63, 3.8) is 0 Å². The van der Waals surface area contributed by atoms with Crippen LogP contribution in [0.2, 0.25) is 5.15 Å². The zero-order valence-corrected chi connectivity index (χ0v) is 16.5. The molecule has 1 N–H and O–H groups in total. The van der Waals surface area contributed by atoms with Crippen molar-refractivity contribution >= 4 is 23.2 Å². The summed E-state index contributed by atoms with van der Waals surface area (Å²) in [5.41, 5.74) is -1.07. The SMILES string of the molecule is CCCCCOc1cc(F)c(-c2c(Cl)nc3ncnn3c2NCC(F)(F)F)c(F)c1. The van der Waals surface area contributed by atoms with Crippen molar-refractivity contribution < 1.29 is 26.7 Å². The highest BCUT2D eigenvalue weighted by molar-refractivity contribution is 6.33. The summed E-state index contributed by atoms with van der Waals surface area (Å²) in [4.78, 5) is 7.62. The fraction of sp³-hybridized carbons (Fsp3) is 0.389. The van der Waals surface area contributed by atoms with Gasteiger partial charge in [-0.25, -0.2) is 8.78 Å². The average molecular weight is 450 g/mol. The normalized spacial score (nSPS) is 11.8. The van der Waals surface area contributed by atoms with Crippen molar-refractivity contribution in [2.75, 3.05) is 18.5 Å². The first-order valence-corrected chi connectivity index (χ1v) is 9.41. The molecular weight excluding hydrogens is 433 g/mol. The van der Waals surface area contributed by atoms with Crippen LogP contribution in [0.25, 0.3) is 16.9 Å². The van der Waals surface area contributed by atoms with Gasteiger partial charge in [-0.2, -0.15) is 32.8 Å². The number of rotatable bonds is 8. The number of hydrogen-bond acceptors (Lipinski definition) is 5. The number of benzene rings is 1. The molecule has 0 saturated heterocycles. The molecule has 0 aliphatic rings. The Morgan fingerprint density at radius 1 is 1.13 bits per heavy atom. The van der Waals surface area contributed by atoms with Crippen LogP contribution in [0, 0.1) is 11.6 Å². The van der Waals surface area contributed by atoms with E-state index < -0.39 is 46.5 Å². The van der Waals surface area contributed by atoms with Gasteiger partial charge in [0.1, 0.15) is 41.2 Å². The summed E-state index contributed by atoms with van der Waals surface area (Å²) < 4.78 is 74.2. The lowest BCUT2D eigenvalue weighted by molar-refractivity contribution is -0.115. The van der Waals surface area contributed by atoms with Gasteiger partial charge in [0.25, 0.3) is 5.78 Å². The first-order chi connectivity index (χ1) is 14.2. The van der Waals surface area contributed by atoms with Crippen LogP contribution in [-0.2, 0) is 0 Å². The van der Waals surface area contributed by atoms with E-state index in [9.17, 15) is 22.0 Å². The van der Waals surface area contributed by atoms with Crippen molar-refractivity contribution in [1.29, 1.82) is 0 Å². The Bertz CT molecular complexity index is 1020. The molecule has 0 aliphatic heterocycles. The second kappa shape index (κ2) is 8.99. The fourth-order valence-electron chi connectivity index (χ4n) is 2.80. The third kappa shape index (κ3) is 4.89. The van der Waals surface area contributed by atoms with Gasteiger partial charge in [0.15, 0.2) is 0 Å². The third-order valence-corrected chi connectivity index (χ3v) is 4.39. The summed E-state index contributed by atoms with van der Waals surface area (Å²) in [6.07, 6.45) is -1.01. The quantitative estimate of drug-likeness (QED) is 0.288. The molecule has 3 aromatic rings. The largest absolute Gasteiger partial charge is 0.493 e. The monoisotopic (exact) mass is 449 g/mol. The average Bonchev–Trinajstić information content (AvgIpc) is 3.11. The predicted octanol–water partition coefficient (Wildman–Crippen LogP) is 5.27. The maximum atomic E-state index is 14.8. The van der Waals surface area contributed by atoms with Gasteiger partial charge in [-0.3, -0.25) is 0 Å². The summed E-state index contributed by atoms with van der Waals surface area (Å²) in [5, 5.41) is 5.42. The van der Waals surface area contributed by atoms with Gasteiger partial charge in [0.05, 0.1) is 17.7 Å². The Morgan fingerprint density at radius 3 is 2.47 bits per heavy atom. The van der Waals surface area contributed by atoms with Gasteiger partial charge in [-0.1, -0.05) is 31.4 Å². The zero-order chi connectivity index (χ0) is 21.9. The van der Waals surface area contributed by atoms with E-state index in [2.05, 4.69) is 20.4 Å². The highest BCUT2D eigenvalue weighted by Gasteiger charge is 2.30. The summed E-state index contributed by atoms with van der Waals surface area (Å²) in [5.74, 6) is -2.71. The molecule has 2 heterocycles. The van der Waals surface area contributed by atoms with E-state index in [0.29, 0.717) is 6.42 Å². The van der Waals surface area contributed by atoms with E-state index >= 15 is 0 Å². The number of hydrogen-bond donors (Lipinski definition) is 1. The molecule has 0 amide bonds. The number of ether oxygens (including phenoxy) is 1. The topological polar surface area (TPSA) is 64.3 Å². The lowest BCUT2D eigenvalue weighted by Gasteiger charge is -2.17. The highest BCUT2D eigenvalue weighted by Crippen LogP contribution is 2.39. The molecule has 0 aliphatic carbocycles. The molecule has 162 valence electrons. The standard InChI is InChI=1S/C18H17ClF5N5O/c1-2-3-4-5-30-10-6-11(20)13(12(21)7-10)14-15(19)28-17-26-9-27-29(17)16(14)25-8-18(22,23)24/h6-7,9,25H,2-5,8H2,1H3. The van der Waals surface area contributed by atoms with E-state index in [1.807, 2.05) is 6.92 Å². The molecule has 0 radical (unpaired) electrons. The minimum absolute atomic E-state index is 0.0411. The molecule has 0 spiro atoms. The molecule has 6 nitrogen and oxygen atoms in total. The van der Waals surface area contributed by atoms with E-state index in [1.54, 1.807) is 0 Å². The maximum Gasteiger partial charge on any atom is 0.405 e. The second-order valence-corrected chi connectivity index (χ2v) is 6.74. The van der Waals surface area contributed by atoms with E-state index in [1.165, 1.54) is 0 Å². The number of fused-ring (bicyclic) bond motifs is 1. The van der Waals surface area contributed by atoms with Crippen LogP contribution < -0.4 is 10.1 Å². The van der Waals surface area contributed by atoms with Gasteiger partial charge in [0, 0.05) is 12.1 Å². The van der Waals surface area contributed by atoms with E-state index in [0.717, 1.165) is 35.8 Å². The molecule has 1 aromatic carbocycles. The van der Waals surface area contributed by atoms with Gasteiger partial charge in [0.2, 0.25) is 0 Å². The number of nitrogens with zero attached hydrogens (tertiary/aromatic N) is 4. The fourth-order valence-corrected chi connectivity index (χ4v) is 3.06. The Labute approximate surface area is 173 Å². The van der Waals surface area contributed by atoms with E-state index in [-0.39, 0.29) is 18.1 Å². The Hall–Kier alpha value is -2.69. The lowest BCUT2D eigenvalue weighted by atomic mass is 10.1. The van der Waals surface area contributed by atoms with Crippen molar-refractivity contribution in [1.82, 2.24) is 19.6 Å². The molecule has 0 fully saturated rings. The number of nitrogens with one attached hydrogen (secondary N) is 1. The van der Waals surface area contributed by atoms with Crippen LogP contribution in [0.5, 0.6) is 5.75 Å². The minimum atomic E-state index is -4.60. The summed E-state index contributed by atoms with van der Waals surface area (Å²) >= 11 is 6.07. The minimum Gasteiger partial charge on any atom is -0.493 e. The Kier molecular flexibility index (Phi) is 6.59. The van der Waals surface area contributed by atoms with E-state index in [4.69, 9.17) is 16.3 Å². The second-order valence-electron chi connectivity index (χ2n) is 6.38. The number of alkyl halides is 3. The van der Waals surface area contributed by atoms with Crippen LogP contribution in [0.3, 0.4) is 0 Å². The van der Waals surface area contributed by atoms with Crippen molar-refractivity contribution in [2.45, 2.75) is 32.4 Å². The molecular formula is C18H17ClF5N5O. The lowest BCUT2D eigenvalue weighted by Crippen LogP contribution is -2.23. The Balaban J connectivity index is 2.06. The van der Waals surface area contributed by atoms with Crippen LogP contribution in [0.4, 0.5) is 27.8 Å². The van der Waals surface area contributed by atoms with Gasteiger partial charge >= 0.3 is 6.18 Å². The molecule has 2 aromatic heterocycles. The number of anilines is 1. The van der Waals surface area contributed by atoms with Crippen molar-refractivity contribution in [3.8, 4) is 16.9 Å². The molecule has 12 heteroatoms. The maximum absolute atomic E-state index is 14.8. The molecule has 3 rings (SSSR count). The van der Waals surface area contributed by atoms with Gasteiger partial charge < -0.3 is 10.1 Å². The first-order valence-electron chi connectivity index (χ1n) is 9.03. The predicted molar refractivity (Wildman–Crippen MR) is 101 cm³/mol. The van der Waals surface area contributed by atoms with Crippen molar-refractivity contribution in [3.05, 3.63) is 35.2 Å². The molecule has 0 bridgehead atoms. The highest BCUT2D eigenvalue weighted by atomic mass is 35.5. The van der Waals surface area contributed by atoms with Crippen LogP contribution >= 0.6 is 11.6 Å². The Morgan fingerprint density at radius 2 is 1.83 bits per heavy atom. The first kappa shape index (κ1) is 22.0. The van der Waals surface area contributed by atoms with Gasteiger partial charge in [-0.15, -0.1) is 0 Å². The summed E-state index contributed by atoms with van der Waals surface area (Å²) in [6, 6.07) is 1.89. The zero-order valence-electron chi connectivity index (χ0n) is 15.7. The summed E-state index contributed by atoms with van der Waals surface area (Å²) in [6.45, 7) is 0.789. The van der Waals surface area contributed by atoms with Crippen LogP contribution in [-0.4, -0.2) is 38.9 Å². The number of aromatic nitrogens is 4. The number of halogens is 6. The molecule has 0 unspecified atom stereocenters. The molecule has 0 saturated carbocycles. The number of unbranched alkanes of at least 4 members (excludes halogenated alkanes) is 2. The third-order valence-electron chi connectivity index (χ3n) is 4.12.